The third kappa shape index (κ3) is 3.21. The largest absolute Gasteiger partial charge is 0.465 e. The van der Waals surface area contributed by atoms with Gasteiger partial charge in [-0.2, -0.15) is 0 Å². The number of halogens is 3. The van der Waals surface area contributed by atoms with Gasteiger partial charge in [-0.15, -0.1) is 0 Å². The Hall–Kier alpha value is -2.55. The molecule has 0 aliphatic rings. The Morgan fingerprint density at radius 2 is 1.67 bits per heavy atom. The fourth-order valence-corrected chi connectivity index (χ4v) is 3.23. The predicted molar refractivity (Wildman–Crippen MR) is 79.7 cm³/mol. The lowest BCUT2D eigenvalue weighted by atomic mass is 10.2. The normalized spacial score (nSPS) is 11.2. The maximum absolute atomic E-state index is 14.0. The summed E-state index contributed by atoms with van der Waals surface area (Å²) in [6, 6.07) is 4.81. The van der Waals surface area contributed by atoms with Gasteiger partial charge in [0, 0.05) is 13.1 Å². The Kier molecular flexibility index (Phi) is 4.83. The highest BCUT2D eigenvalue weighted by atomic mass is 32.2. The van der Waals surface area contributed by atoms with Crippen LogP contribution in [-0.4, -0.2) is 28.5 Å². The fourth-order valence-electron chi connectivity index (χ4n) is 1.95. The molecule has 0 amide bonds. The van der Waals surface area contributed by atoms with Gasteiger partial charge in [-0.3, -0.25) is 4.31 Å². The molecular formula is C15H12F3NO4S. The molecule has 0 atom stereocenters. The second-order valence-electron chi connectivity index (χ2n) is 4.71. The first-order valence-corrected chi connectivity index (χ1v) is 7.94. The minimum atomic E-state index is -4.58. The lowest BCUT2D eigenvalue weighted by molar-refractivity contribution is 0.0600. The minimum Gasteiger partial charge on any atom is -0.465 e. The molecule has 0 saturated heterocycles. The van der Waals surface area contributed by atoms with Crippen molar-refractivity contribution < 1.29 is 31.1 Å². The zero-order valence-electron chi connectivity index (χ0n) is 12.6. The first-order chi connectivity index (χ1) is 11.2. The second-order valence-corrected chi connectivity index (χ2v) is 6.64. The molecule has 128 valence electrons. The zero-order valence-corrected chi connectivity index (χ0v) is 13.4. The summed E-state index contributed by atoms with van der Waals surface area (Å²) in [5.74, 6) is -3.89. The number of nitrogens with zero attached hydrogens (tertiary/aromatic N) is 1. The molecule has 0 spiro atoms. The van der Waals surface area contributed by atoms with Crippen molar-refractivity contribution in [3.05, 3.63) is 59.4 Å². The Bertz CT molecular complexity index is 900. The Morgan fingerprint density at radius 1 is 1.04 bits per heavy atom. The molecule has 5 nitrogen and oxygen atoms in total. The molecule has 2 aromatic carbocycles. The van der Waals surface area contributed by atoms with Gasteiger partial charge in [0.25, 0.3) is 10.0 Å². The van der Waals surface area contributed by atoms with E-state index in [4.69, 9.17) is 0 Å². The van der Waals surface area contributed by atoms with E-state index in [-0.39, 0.29) is 5.56 Å². The third-order valence-corrected chi connectivity index (χ3v) is 5.02. The van der Waals surface area contributed by atoms with Crippen LogP contribution in [0.5, 0.6) is 0 Å². The van der Waals surface area contributed by atoms with E-state index in [0.717, 1.165) is 44.5 Å². The van der Waals surface area contributed by atoms with Crippen molar-refractivity contribution >= 4 is 21.7 Å². The standard InChI is InChI=1S/C15H12F3NO4S/c1-19(13-8-10(16)4-6-11(13)17)24(21,22)14-7-9(15(20)23-2)3-5-12(14)18/h3-8H,1-2H3. The number of rotatable bonds is 4. The third-order valence-electron chi connectivity index (χ3n) is 3.24. The van der Waals surface area contributed by atoms with E-state index in [1.54, 1.807) is 0 Å². The van der Waals surface area contributed by atoms with Crippen LogP contribution in [0.15, 0.2) is 41.3 Å². The van der Waals surface area contributed by atoms with Gasteiger partial charge >= 0.3 is 5.97 Å². The molecule has 0 unspecified atom stereocenters. The van der Waals surface area contributed by atoms with E-state index in [1.807, 2.05) is 0 Å². The molecular weight excluding hydrogens is 347 g/mol. The maximum atomic E-state index is 14.0. The van der Waals surface area contributed by atoms with Crippen LogP contribution in [0, 0.1) is 17.5 Å². The molecule has 0 radical (unpaired) electrons. The van der Waals surface area contributed by atoms with Gasteiger partial charge in [0.15, 0.2) is 0 Å². The summed E-state index contributed by atoms with van der Waals surface area (Å²) in [6.45, 7) is 0. The summed E-state index contributed by atoms with van der Waals surface area (Å²) < 4.78 is 70.9. The number of sulfonamides is 1. The van der Waals surface area contributed by atoms with Crippen LogP contribution >= 0.6 is 0 Å². The van der Waals surface area contributed by atoms with Crippen LogP contribution < -0.4 is 4.31 Å². The zero-order chi connectivity index (χ0) is 18.1. The van der Waals surface area contributed by atoms with Crippen LogP contribution in [0.25, 0.3) is 0 Å². The molecule has 0 saturated carbocycles. The van der Waals surface area contributed by atoms with Crippen molar-refractivity contribution in [2.45, 2.75) is 4.90 Å². The molecule has 0 N–H and O–H groups in total. The monoisotopic (exact) mass is 359 g/mol. The fraction of sp³-hybridized carbons (Fsp3) is 0.133. The summed E-state index contributed by atoms with van der Waals surface area (Å²) in [5.41, 5.74) is -0.802. The lowest BCUT2D eigenvalue weighted by Gasteiger charge is -2.20. The van der Waals surface area contributed by atoms with Crippen LogP contribution in [0.3, 0.4) is 0 Å². The van der Waals surface area contributed by atoms with E-state index >= 15 is 0 Å². The molecule has 2 aromatic rings. The Labute approximate surface area is 136 Å². The minimum absolute atomic E-state index is 0.203. The van der Waals surface area contributed by atoms with Crippen molar-refractivity contribution in [1.82, 2.24) is 0 Å². The van der Waals surface area contributed by atoms with Crippen LogP contribution in [-0.2, 0) is 14.8 Å². The molecule has 9 heteroatoms. The number of hydrogen-bond acceptors (Lipinski definition) is 4. The van der Waals surface area contributed by atoms with E-state index in [1.165, 1.54) is 0 Å². The molecule has 0 fully saturated rings. The Morgan fingerprint density at radius 3 is 2.29 bits per heavy atom. The number of methoxy groups -OCH3 is 1. The number of benzene rings is 2. The first kappa shape index (κ1) is 17.8. The molecule has 0 aliphatic heterocycles. The highest BCUT2D eigenvalue weighted by molar-refractivity contribution is 7.92. The number of esters is 1. The average molecular weight is 359 g/mol. The van der Waals surface area contributed by atoms with Crippen molar-refractivity contribution in [1.29, 1.82) is 0 Å². The molecule has 0 bridgehead atoms. The van der Waals surface area contributed by atoms with Gasteiger partial charge in [-0.1, -0.05) is 0 Å². The van der Waals surface area contributed by atoms with Gasteiger partial charge in [0.05, 0.1) is 18.4 Å². The van der Waals surface area contributed by atoms with E-state index in [2.05, 4.69) is 4.74 Å². The van der Waals surface area contributed by atoms with Crippen molar-refractivity contribution in [2.75, 3.05) is 18.5 Å². The quantitative estimate of drug-likeness (QED) is 0.788. The summed E-state index contributed by atoms with van der Waals surface area (Å²) in [6.07, 6.45) is 0. The van der Waals surface area contributed by atoms with Crippen molar-refractivity contribution in [3.8, 4) is 0 Å². The summed E-state index contributed by atoms with van der Waals surface area (Å²) >= 11 is 0. The highest BCUT2D eigenvalue weighted by Crippen LogP contribution is 2.27. The molecule has 0 aromatic heterocycles. The van der Waals surface area contributed by atoms with Crippen molar-refractivity contribution in [3.63, 3.8) is 0 Å². The van der Waals surface area contributed by atoms with Gasteiger partial charge in [-0.05, 0) is 30.3 Å². The summed E-state index contributed by atoms with van der Waals surface area (Å²) in [4.78, 5) is 10.6. The molecule has 2 rings (SSSR count). The first-order valence-electron chi connectivity index (χ1n) is 6.50. The predicted octanol–water partition coefficient (Wildman–Crippen LogP) is 2.72. The SMILES string of the molecule is COC(=O)c1ccc(F)c(S(=O)(=O)N(C)c2cc(F)ccc2F)c1. The van der Waals surface area contributed by atoms with Crippen LogP contribution in [0.1, 0.15) is 10.4 Å². The number of hydrogen-bond donors (Lipinski definition) is 0. The lowest BCUT2D eigenvalue weighted by Crippen LogP contribution is -2.28. The topological polar surface area (TPSA) is 63.7 Å². The van der Waals surface area contributed by atoms with Gasteiger partial charge in [-0.25, -0.2) is 26.4 Å². The number of anilines is 1. The van der Waals surface area contributed by atoms with Crippen molar-refractivity contribution in [2.24, 2.45) is 0 Å². The van der Waals surface area contributed by atoms with Crippen LogP contribution in [0.2, 0.25) is 0 Å². The van der Waals surface area contributed by atoms with Gasteiger partial charge in [0.1, 0.15) is 22.3 Å². The maximum Gasteiger partial charge on any atom is 0.337 e. The van der Waals surface area contributed by atoms with E-state index in [0.29, 0.717) is 10.4 Å². The van der Waals surface area contributed by atoms with Gasteiger partial charge < -0.3 is 4.74 Å². The molecule has 0 heterocycles. The average Bonchev–Trinajstić information content (AvgIpc) is 2.55. The number of carbonyl (C=O) groups excluding carboxylic acids is 1. The van der Waals surface area contributed by atoms with E-state index in [9.17, 15) is 26.4 Å². The number of ether oxygens (including phenoxy) is 1. The highest BCUT2D eigenvalue weighted by Gasteiger charge is 2.28. The van der Waals surface area contributed by atoms with Crippen LogP contribution in [0.4, 0.5) is 18.9 Å². The summed E-state index contributed by atoms with van der Waals surface area (Å²) in [5, 5.41) is 0. The smallest absolute Gasteiger partial charge is 0.337 e. The summed E-state index contributed by atoms with van der Waals surface area (Å²) in [7, 11) is -2.56. The molecule has 24 heavy (non-hydrogen) atoms. The Balaban J connectivity index is 2.58. The number of carbonyl (C=O) groups is 1. The second kappa shape index (κ2) is 6.52. The molecule has 0 aliphatic carbocycles. The van der Waals surface area contributed by atoms with E-state index < -0.39 is 44.0 Å². The van der Waals surface area contributed by atoms with Gasteiger partial charge in [0.2, 0.25) is 0 Å².